The lowest BCUT2D eigenvalue weighted by Crippen LogP contribution is -2.17. The molecule has 3 aromatic carbocycles. The molecule has 1 heterocycles. The van der Waals surface area contributed by atoms with E-state index in [0.717, 1.165) is 5.56 Å². The molecule has 31 heavy (non-hydrogen) atoms. The molecule has 0 fully saturated rings. The molecule has 0 atom stereocenters. The summed E-state index contributed by atoms with van der Waals surface area (Å²) in [4.78, 5) is 25.2. The smallest absolute Gasteiger partial charge is 0.269 e. The molecule has 0 unspecified atom stereocenters. The second-order valence-corrected chi connectivity index (χ2v) is 7.39. The van der Waals surface area contributed by atoms with Crippen LogP contribution >= 0.6 is 0 Å². The van der Waals surface area contributed by atoms with Crippen molar-refractivity contribution >= 4 is 17.5 Å². The molecule has 0 saturated carbocycles. The standard InChI is InChI=1S/C24H20N2O5/c1-25(14-17-5-3-2-4-6-17)15-20-21(27)12-11-19-23(28)22(31-24(19)20)13-16-7-9-18(10-8-16)26(29)30/h2-13,27H,14-15H2,1H3/b22-13+. The summed E-state index contributed by atoms with van der Waals surface area (Å²) in [5.41, 5.74) is 2.63. The first kappa shape index (κ1) is 20.3. The van der Waals surface area contributed by atoms with Gasteiger partial charge >= 0.3 is 0 Å². The number of hydrogen-bond acceptors (Lipinski definition) is 6. The molecule has 0 spiro atoms. The van der Waals surface area contributed by atoms with E-state index in [4.69, 9.17) is 4.74 Å². The van der Waals surface area contributed by atoms with Gasteiger partial charge in [-0.15, -0.1) is 0 Å². The number of hydrogen-bond donors (Lipinski definition) is 1. The summed E-state index contributed by atoms with van der Waals surface area (Å²) in [6, 6.07) is 18.8. The molecule has 0 bridgehead atoms. The Balaban J connectivity index is 1.58. The number of carbonyl (C=O) groups excluding carboxylic acids is 1. The highest BCUT2D eigenvalue weighted by Gasteiger charge is 2.31. The lowest BCUT2D eigenvalue weighted by molar-refractivity contribution is -0.384. The van der Waals surface area contributed by atoms with Gasteiger partial charge in [0.25, 0.3) is 5.69 Å². The Labute approximate surface area is 179 Å². The van der Waals surface area contributed by atoms with E-state index in [1.807, 2.05) is 42.3 Å². The summed E-state index contributed by atoms with van der Waals surface area (Å²) in [6.07, 6.45) is 1.54. The van der Waals surface area contributed by atoms with Crippen LogP contribution in [0.4, 0.5) is 5.69 Å². The van der Waals surface area contributed by atoms with Crippen LogP contribution in [0, 0.1) is 10.1 Å². The molecule has 7 nitrogen and oxygen atoms in total. The molecular weight excluding hydrogens is 396 g/mol. The maximum Gasteiger partial charge on any atom is 0.269 e. The third kappa shape index (κ3) is 4.31. The number of phenols is 1. The lowest BCUT2D eigenvalue weighted by Gasteiger charge is -2.19. The number of rotatable bonds is 6. The fraction of sp³-hybridized carbons (Fsp3) is 0.125. The summed E-state index contributed by atoms with van der Waals surface area (Å²) >= 11 is 0. The normalized spacial score (nSPS) is 14.0. The van der Waals surface area contributed by atoms with Gasteiger partial charge in [-0.05, 0) is 48.5 Å². The van der Waals surface area contributed by atoms with Crippen LogP contribution in [0.1, 0.15) is 27.0 Å². The molecule has 0 amide bonds. The molecule has 0 aliphatic carbocycles. The Morgan fingerprint density at radius 2 is 1.74 bits per heavy atom. The van der Waals surface area contributed by atoms with Crippen molar-refractivity contribution < 1.29 is 19.6 Å². The maximum absolute atomic E-state index is 12.8. The second kappa shape index (κ2) is 8.41. The van der Waals surface area contributed by atoms with Crippen LogP contribution < -0.4 is 4.74 Å². The Hall–Kier alpha value is -3.97. The molecule has 4 rings (SSSR count). The van der Waals surface area contributed by atoms with E-state index in [9.17, 15) is 20.0 Å². The molecule has 1 N–H and O–H groups in total. The number of fused-ring (bicyclic) bond motifs is 1. The monoisotopic (exact) mass is 416 g/mol. The maximum atomic E-state index is 12.8. The number of ether oxygens (including phenoxy) is 1. The average Bonchev–Trinajstić information content (AvgIpc) is 3.07. The zero-order valence-corrected chi connectivity index (χ0v) is 16.8. The number of aromatic hydroxyl groups is 1. The summed E-state index contributed by atoms with van der Waals surface area (Å²) < 4.78 is 5.85. The number of nitro groups is 1. The van der Waals surface area contributed by atoms with Crippen LogP contribution in [0.3, 0.4) is 0 Å². The van der Waals surface area contributed by atoms with Crippen LogP contribution in [0.25, 0.3) is 6.08 Å². The number of benzene rings is 3. The van der Waals surface area contributed by atoms with Gasteiger partial charge in [0.05, 0.1) is 16.1 Å². The van der Waals surface area contributed by atoms with Crippen molar-refractivity contribution in [2.45, 2.75) is 13.1 Å². The highest BCUT2D eigenvalue weighted by atomic mass is 16.6. The first-order chi connectivity index (χ1) is 14.9. The molecule has 0 saturated heterocycles. The van der Waals surface area contributed by atoms with Crippen molar-refractivity contribution in [3.05, 3.63) is 105 Å². The number of non-ortho nitro benzene ring substituents is 1. The van der Waals surface area contributed by atoms with Gasteiger partial charge in [0.2, 0.25) is 5.78 Å². The summed E-state index contributed by atoms with van der Waals surface area (Å²) in [7, 11) is 1.93. The molecule has 0 aromatic heterocycles. The van der Waals surface area contributed by atoms with E-state index in [1.54, 1.807) is 24.3 Å². The van der Waals surface area contributed by atoms with Gasteiger partial charge in [-0.25, -0.2) is 0 Å². The highest BCUT2D eigenvalue weighted by molar-refractivity contribution is 6.15. The highest BCUT2D eigenvalue weighted by Crippen LogP contribution is 2.40. The zero-order valence-electron chi connectivity index (χ0n) is 16.8. The predicted molar refractivity (Wildman–Crippen MR) is 116 cm³/mol. The van der Waals surface area contributed by atoms with E-state index >= 15 is 0 Å². The fourth-order valence-corrected chi connectivity index (χ4v) is 3.51. The zero-order chi connectivity index (χ0) is 22.0. The van der Waals surface area contributed by atoms with Crippen LogP contribution in [0.2, 0.25) is 0 Å². The molecule has 1 aliphatic rings. The van der Waals surface area contributed by atoms with E-state index in [2.05, 4.69) is 0 Å². The molecule has 7 heteroatoms. The summed E-state index contributed by atoms with van der Waals surface area (Å²) in [5, 5.41) is 21.2. The van der Waals surface area contributed by atoms with Gasteiger partial charge in [0.1, 0.15) is 11.5 Å². The quantitative estimate of drug-likeness (QED) is 0.360. The number of carbonyl (C=O) groups is 1. The number of allylic oxidation sites excluding steroid dienone is 1. The largest absolute Gasteiger partial charge is 0.507 e. The molecule has 3 aromatic rings. The minimum Gasteiger partial charge on any atom is -0.507 e. The first-order valence-corrected chi connectivity index (χ1v) is 9.68. The molecule has 156 valence electrons. The van der Waals surface area contributed by atoms with Gasteiger partial charge in [-0.3, -0.25) is 19.8 Å². The van der Waals surface area contributed by atoms with Crippen molar-refractivity contribution in [1.29, 1.82) is 0 Å². The Morgan fingerprint density at radius 3 is 2.42 bits per heavy atom. The van der Waals surface area contributed by atoms with Gasteiger partial charge in [-0.2, -0.15) is 0 Å². The summed E-state index contributed by atoms with van der Waals surface area (Å²) in [5.74, 6) is 0.225. The van der Waals surface area contributed by atoms with Gasteiger partial charge < -0.3 is 9.84 Å². The van der Waals surface area contributed by atoms with Crippen molar-refractivity contribution in [1.82, 2.24) is 4.90 Å². The van der Waals surface area contributed by atoms with Gasteiger partial charge in [0, 0.05) is 25.2 Å². The average molecular weight is 416 g/mol. The molecular formula is C24H20N2O5. The van der Waals surface area contributed by atoms with Crippen molar-refractivity contribution in [2.75, 3.05) is 7.05 Å². The number of phenolic OH excluding ortho intramolecular Hbond substituents is 1. The van der Waals surface area contributed by atoms with Gasteiger partial charge in [-0.1, -0.05) is 30.3 Å². The third-order valence-electron chi connectivity index (χ3n) is 5.04. The number of ketones is 1. The van der Waals surface area contributed by atoms with Crippen LogP contribution in [-0.4, -0.2) is 27.8 Å². The van der Waals surface area contributed by atoms with E-state index in [0.29, 0.717) is 35.5 Å². The van der Waals surface area contributed by atoms with E-state index < -0.39 is 4.92 Å². The Kier molecular flexibility index (Phi) is 5.51. The first-order valence-electron chi connectivity index (χ1n) is 9.68. The molecule has 1 aliphatic heterocycles. The fourth-order valence-electron chi connectivity index (χ4n) is 3.51. The Bertz CT molecular complexity index is 1170. The number of nitrogens with zero attached hydrogens (tertiary/aromatic N) is 2. The van der Waals surface area contributed by atoms with Crippen molar-refractivity contribution in [3.63, 3.8) is 0 Å². The second-order valence-electron chi connectivity index (χ2n) is 7.39. The third-order valence-corrected chi connectivity index (χ3v) is 5.04. The lowest BCUT2D eigenvalue weighted by atomic mass is 10.0. The van der Waals surface area contributed by atoms with Crippen molar-refractivity contribution in [2.24, 2.45) is 0 Å². The number of nitro benzene ring substituents is 1. The minimum atomic E-state index is -0.481. The van der Waals surface area contributed by atoms with Crippen LogP contribution in [0.5, 0.6) is 11.5 Å². The van der Waals surface area contributed by atoms with Crippen molar-refractivity contribution in [3.8, 4) is 11.5 Å². The van der Waals surface area contributed by atoms with E-state index in [-0.39, 0.29) is 23.0 Å². The van der Waals surface area contributed by atoms with Gasteiger partial charge in [0.15, 0.2) is 5.76 Å². The predicted octanol–water partition coefficient (Wildman–Crippen LogP) is 4.55. The Morgan fingerprint density at radius 1 is 1.03 bits per heavy atom. The van der Waals surface area contributed by atoms with Crippen LogP contribution in [0.15, 0.2) is 72.5 Å². The topological polar surface area (TPSA) is 92.9 Å². The molecule has 0 radical (unpaired) electrons. The van der Waals surface area contributed by atoms with Crippen LogP contribution in [-0.2, 0) is 13.1 Å². The minimum absolute atomic E-state index is 0.0298. The van der Waals surface area contributed by atoms with E-state index in [1.165, 1.54) is 18.2 Å². The number of Topliss-reactive ketones (excluding diaryl/α,β-unsaturated/α-hetero) is 1. The summed E-state index contributed by atoms with van der Waals surface area (Å²) in [6.45, 7) is 1.06. The SMILES string of the molecule is CN(Cc1ccccc1)Cc1c(O)ccc2c1O/C(=C/c1ccc([N+](=O)[O-])cc1)C2=O.